The summed E-state index contributed by atoms with van der Waals surface area (Å²) in [6, 6.07) is 20.3. The molecule has 3 nitrogen and oxygen atoms in total. The van der Waals surface area contributed by atoms with Gasteiger partial charge >= 0.3 is 5.97 Å². The first kappa shape index (κ1) is 14.5. The molecule has 0 fully saturated rings. The average molecular weight is 320 g/mol. The van der Waals surface area contributed by atoms with Gasteiger partial charge in [-0.15, -0.1) is 0 Å². The number of rotatable bonds is 2. The third-order valence-electron chi connectivity index (χ3n) is 4.31. The summed E-state index contributed by atoms with van der Waals surface area (Å²) in [5, 5.41) is 9.51. The number of aromatic hydroxyl groups is 1. The van der Waals surface area contributed by atoms with Gasteiger partial charge in [0.15, 0.2) is 17.2 Å². The maximum absolute atomic E-state index is 14.0. The predicted molar refractivity (Wildman–Crippen MR) is 86.2 cm³/mol. The van der Waals surface area contributed by atoms with Crippen LogP contribution in [0.25, 0.3) is 0 Å². The second-order valence-electron chi connectivity index (χ2n) is 5.65. The number of carbonyl (C=O) groups is 1. The summed E-state index contributed by atoms with van der Waals surface area (Å²) in [5.74, 6) is -1.66. The Balaban J connectivity index is 2.06. The number of fused-ring (bicyclic) bond motifs is 1. The molecule has 24 heavy (non-hydrogen) atoms. The molecule has 0 saturated carbocycles. The molecule has 4 rings (SSSR count). The van der Waals surface area contributed by atoms with E-state index in [1.54, 1.807) is 24.3 Å². The van der Waals surface area contributed by atoms with Crippen LogP contribution in [0.1, 0.15) is 27.0 Å². The zero-order valence-corrected chi connectivity index (χ0v) is 12.6. The van der Waals surface area contributed by atoms with Crippen LogP contribution in [0.5, 0.6) is 5.75 Å². The standard InChI is InChI=1S/C20H13FO3/c21-17-12-14(10-11-18(17)22)20(13-6-2-1-3-7-13)16-9-5-4-8-15(16)19(23)24-20/h1-12,22H. The molecular formula is C20H13FO3. The van der Waals surface area contributed by atoms with Crippen molar-refractivity contribution in [1.29, 1.82) is 0 Å². The zero-order valence-electron chi connectivity index (χ0n) is 12.6. The Hall–Kier alpha value is -3.14. The van der Waals surface area contributed by atoms with E-state index in [1.807, 2.05) is 36.4 Å². The van der Waals surface area contributed by atoms with Crippen LogP contribution in [-0.4, -0.2) is 11.1 Å². The lowest BCUT2D eigenvalue weighted by molar-refractivity contribution is 0.0250. The smallest absolute Gasteiger partial charge is 0.340 e. The number of benzene rings is 3. The van der Waals surface area contributed by atoms with Gasteiger partial charge in [-0.1, -0.05) is 54.6 Å². The summed E-state index contributed by atoms with van der Waals surface area (Å²) < 4.78 is 19.8. The number of carbonyl (C=O) groups excluding carboxylic acids is 1. The fraction of sp³-hybridized carbons (Fsp3) is 0.0500. The minimum atomic E-state index is -1.23. The van der Waals surface area contributed by atoms with Crippen molar-refractivity contribution in [2.45, 2.75) is 5.60 Å². The SMILES string of the molecule is O=C1OC(c2ccccc2)(c2ccc(O)c(F)c2)c2ccccc21. The van der Waals surface area contributed by atoms with Gasteiger partial charge in [0.1, 0.15) is 0 Å². The summed E-state index contributed by atoms with van der Waals surface area (Å²) in [6.45, 7) is 0. The highest BCUT2D eigenvalue weighted by atomic mass is 19.1. The lowest BCUT2D eigenvalue weighted by atomic mass is 9.80. The van der Waals surface area contributed by atoms with Gasteiger partial charge in [-0.3, -0.25) is 0 Å². The highest BCUT2D eigenvalue weighted by molar-refractivity contribution is 5.96. The normalized spacial score (nSPS) is 19.0. The van der Waals surface area contributed by atoms with Crippen molar-refractivity contribution >= 4 is 5.97 Å². The highest BCUT2D eigenvalue weighted by Gasteiger charge is 2.48. The van der Waals surface area contributed by atoms with Crippen molar-refractivity contribution < 1.29 is 19.0 Å². The molecule has 0 saturated heterocycles. The lowest BCUT2D eigenvalue weighted by Gasteiger charge is -2.30. The molecular weight excluding hydrogens is 307 g/mol. The molecule has 1 atom stereocenters. The first-order chi connectivity index (χ1) is 11.6. The molecule has 1 heterocycles. The van der Waals surface area contributed by atoms with Crippen LogP contribution >= 0.6 is 0 Å². The summed E-state index contributed by atoms with van der Waals surface area (Å²) in [6.07, 6.45) is 0. The van der Waals surface area contributed by atoms with Crippen LogP contribution in [0, 0.1) is 5.82 Å². The Labute approximate surface area is 138 Å². The highest BCUT2D eigenvalue weighted by Crippen LogP contribution is 2.47. The minimum Gasteiger partial charge on any atom is -0.505 e. The number of cyclic esters (lactones) is 1. The predicted octanol–water partition coefficient (Wildman–Crippen LogP) is 3.99. The number of phenols is 1. The van der Waals surface area contributed by atoms with Gasteiger partial charge in [0.05, 0.1) is 5.56 Å². The van der Waals surface area contributed by atoms with Crippen LogP contribution in [0.3, 0.4) is 0 Å². The first-order valence-electron chi connectivity index (χ1n) is 7.50. The Morgan fingerprint density at radius 2 is 1.58 bits per heavy atom. The molecule has 0 amide bonds. The van der Waals surface area contributed by atoms with Crippen LogP contribution in [0.15, 0.2) is 72.8 Å². The first-order valence-corrected chi connectivity index (χ1v) is 7.50. The number of ether oxygens (including phenoxy) is 1. The minimum absolute atomic E-state index is 0.445. The van der Waals surface area contributed by atoms with Gasteiger partial charge in [-0.2, -0.15) is 0 Å². The van der Waals surface area contributed by atoms with Crippen molar-refractivity contribution in [1.82, 2.24) is 0 Å². The van der Waals surface area contributed by atoms with Crippen LogP contribution in [0.4, 0.5) is 4.39 Å². The third kappa shape index (κ3) is 1.93. The number of phenolic OH excluding ortho intramolecular Hbond substituents is 1. The van der Waals surface area contributed by atoms with E-state index in [9.17, 15) is 14.3 Å². The fourth-order valence-electron chi connectivity index (χ4n) is 3.21. The quantitative estimate of drug-likeness (QED) is 0.726. The molecule has 1 unspecified atom stereocenters. The number of halogens is 1. The largest absolute Gasteiger partial charge is 0.505 e. The van der Waals surface area contributed by atoms with Gasteiger partial charge in [-0.25, -0.2) is 9.18 Å². The average Bonchev–Trinajstić information content (AvgIpc) is 2.92. The molecule has 0 spiro atoms. The molecule has 3 aromatic carbocycles. The molecule has 0 aromatic heterocycles. The van der Waals surface area contributed by atoms with Gasteiger partial charge in [-0.05, 0) is 18.2 Å². The van der Waals surface area contributed by atoms with Crippen molar-refractivity contribution in [3.63, 3.8) is 0 Å². The fourth-order valence-corrected chi connectivity index (χ4v) is 3.21. The molecule has 0 aliphatic carbocycles. The second-order valence-corrected chi connectivity index (χ2v) is 5.65. The molecule has 1 N–H and O–H groups in total. The second kappa shape index (κ2) is 5.20. The van der Waals surface area contributed by atoms with E-state index < -0.39 is 23.1 Å². The molecule has 1 aliphatic heterocycles. The Bertz CT molecular complexity index is 937. The molecule has 118 valence electrons. The Kier molecular flexibility index (Phi) is 3.13. The van der Waals surface area contributed by atoms with Crippen LogP contribution < -0.4 is 0 Å². The topological polar surface area (TPSA) is 46.5 Å². The van der Waals surface area contributed by atoms with Gasteiger partial charge in [0.2, 0.25) is 0 Å². The van der Waals surface area contributed by atoms with Gasteiger partial charge < -0.3 is 9.84 Å². The third-order valence-corrected chi connectivity index (χ3v) is 4.31. The summed E-state index contributed by atoms with van der Waals surface area (Å²) >= 11 is 0. The number of hydrogen-bond donors (Lipinski definition) is 1. The maximum Gasteiger partial charge on any atom is 0.340 e. The Morgan fingerprint density at radius 1 is 0.875 bits per heavy atom. The van der Waals surface area contributed by atoms with Crippen LogP contribution in [0.2, 0.25) is 0 Å². The van der Waals surface area contributed by atoms with E-state index >= 15 is 0 Å². The van der Waals surface area contributed by atoms with Crippen molar-refractivity contribution in [3.8, 4) is 5.75 Å². The van der Waals surface area contributed by atoms with Gasteiger partial charge in [0, 0.05) is 16.7 Å². The number of hydrogen-bond acceptors (Lipinski definition) is 3. The molecule has 4 heteroatoms. The van der Waals surface area contributed by atoms with E-state index in [1.165, 1.54) is 12.1 Å². The van der Waals surface area contributed by atoms with Crippen molar-refractivity contribution in [3.05, 3.63) is 101 Å². The summed E-state index contributed by atoms with van der Waals surface area (Å²) in [5.41, 5.74) is 1.04. The zero-order chi connectivity index (χ0) is 16.7. The number of esters is 1. The lowest BCUT2D eigenvalue weighted by Crippen LogP contribution is -2.29. The summed E-state index contributed by atoms with van der Waals surface area (Å²) in [4.78, 5) is 12.4. The van der Waals surface area contributed by atoms with Crippen LogP contribution in [-0.2, 0) is 10.3 Å². The van der Waals surface area contributed by atoms with E-state index in [2.05, 4.69) is 0 Å². The summed E-state index contributed by atoms with van der Waals surface area (Å²) in [7, 11) is 0. The molecule has 1 aliphatic rings. The molecule has 0 radical (unpaired) electrons. The van der Waals surface area contributed by atoms with Gasteiger partial charge in [0.25, 0.3) is 0 Å². The van der Waals surface area contributed by atoms with E-state index in [4.69, 9.17) is 4.74 Å². The van der Waals surface area contributed by atoms with E-state index in [0.29, 0.717) is 22.3 Å². The Morgan fingerprint density at radius 3 is 2.33 bits per heavy atom. The monoisotopic (exact) mass is 320 g/mol. The van der Waals surface area contributed by atoms with Crippen molar-refractivity contribution in [2.75, 3.05) is 0 Å². The van der Waals surface area contributed by atoms with E-state index in [0.717, 1.165) is 0 Å². The van der Waals surface area contributed by atoms with E-state index in [-0.39, 0.29) is 0 Å². The van der Waals surface area contributed by atoms with Crippen molar-refractivity contribution in [2.24, 2.45) is 0 Å². The maximum atomic E-state index is 14.0. The molecule has 0 bridgehead atoms. The molecule has 3 aromatic rings.